The number of rotatable bonds is 3. The molecule has 0 aliphatic carbocycles. The van der Waals surface area contributed by atoms with Crippen molar-refractivity contribution in [1.82, 2.24) is 9.97 Å². The van der Waals surface area contributed by atoms with Gasteiger partial charge in [-0.3, -0.25) is 0 Å². The minimum absolute atomic E-state index is 0.0156. The fraction of sp³-hybridized carbons (Fsp3) is 0.231. The molecule has 4 nitrogen and oxygen atoms in total. The first-order valence-electron chi connectivity index (χ1n) is 5.69. The van der Waals surface area contributed by atoms with E-state index < -0.39 is 12.0 Å². The SMILES string of the molecule is COc1ccc(-c2cc(Cl)nc(C(F)(F)F)n2)c(OC)c1. The van der Waals surface area contributed by atoms with E-state index in [1.165, 1.54) is 26.4 Å². The fourth-order valence-corrected chi connectivity index (χ4v) is 1.88. The zero-order valence-corrected chi connectivity index (χ0v) is 11.8. The number of aromatic nitrogens is 2. The smallest absolute Gasteiger partial charge is 0.451 e. The van der Waals surface area contributed by atoms with Crippen molar-refractivity contribution in [3.05, 3.63) is 35.2 Å². The second-order valence-electron chi connectivity index (χ2n) is 3.96. The van der Waals surface area contributed by atoms with Gasteiger partial charge in [0, 0.05) is 17.7 Å². The summed E-state index contributed by atoms with van der Waals surface area (Å²) in [6.45, 7) is 0. The lowest BCUT2D eigenvalue weighted by molar-refractivity contribution is -0.144. The first-order chi connectivity index (χ1) is 9.85. The van der Waals surface area contributed by atoms with E-state index in [2.05, 4.69) is 9.97 Å². The number of methoxy groups -OCH3 is 2. The molecule has 0 atom stereocenters. The standard InChI is InChI=1S/C13H10ClF3N2O2/c1-20-7-3-4-8(10(5-7)21-2)9-6-11(14)19-12(18-9)13(15,16)17/h3-6H,1-2H3. The molecular weight excluding hydrogens is 309 g/mol. The highest BCUT2D eigenvalue weighted by atomic mass is 35.5. The van der Waals surface area contributed by atoms with Crippen molar-refractivity contribution in [3.8, 4) is 22.8 Å². The van der Waals surface area contributed by atoms with Crippen molar-refractivity contribution in [2.24, 2.45) is 0 Å². The van der Waals surface area contributed by atoms with Crippen LogP contribution in [0.1, 0.15) is 5.82 Å². The van der Waals surface area contributed by atoms with Gasteiger partial charge in [0.2, 0.25) is 5.82 Å². The molecule has 1 aromatic carbocycles. The Labute approximate surface area is 123 Å². The monoisotopic (exact) mass is 318 g/mol. The van der Waals surface area contributed by atoms with E-state index in [-0.39, 0.29) is 10.8 Å². The van der Waals surface area contributed by atoms with Gasteiger partial charge in [-0.15, -0.1) is 0 Å². The Bertz CT molecular complexity index is 662. The summed E-state index contributed by atoms with van der Waals surface area (Å²) in [7, 11) is 2.86. The molecule has 0 unspecified atom stereocenters. The van der Waals surface area contributed by atoms with Gasteiger partial charge in [-0.05, 0) is 12.1 Å². The number of alkyl halides is 3. The number of ether oxygens (including phenoxy) is 2. The lowest BCUT2D eigenvalue weighted by Crippen LogP contribution is -2.11. The van der Waals surface area contributed by atoms with Crippen LogP contribution in [0.2, 0.25) is 5.15 Å². The van der Waals surface area contributed by atoms with Gasteiger partial charge >= 0.3 is 6.18 Å². The molecule has 0 spiro atoms. The summed E-state index contributed by atoms with van der Waals surface area (Å²) in [5, 5.41) is -0.301. The summed E-state index contributed by atoms with van der Waals surface area (Å²) in [6.07, 6.45) is -4.68. The van der Waals surface area contributed by atoms with Crippen LogP contribution in [0.15, 0.2) is 24.3 Å². The van der Waals surface area contributed by atoms with E-state index in [1.54, 1.807) is 12.1 Å². The maximum absolute atomic E-state index is 12.7. The maximum atomic E-state index is 12.7. The van der Waals surface area contributed by atoms with Crippen LogP contribution in [0.25, 0.3) is 11.3 Å². The lowest BCUT2D eigenvalue weighted by Gasteiger charge is -2.12. The van der Waals surface area contributed by atoms with Crippen LogP contribution in [0.4, 0.5) is 13.2 Å². The largest absolute Gasteiger partial charge is 0.497 e. The maximum Gasteiger partial charge on any atom is 0.451 e. The van der Waals surface area contributed by atoms with Gasteiger partial charge in [0.05, 0.1) is 19.9 Å². The summed E-state index contributed by atoms with van der Waals surface area (Å²) >= 11 is 5.64. The molecule has 112 valence electrons. The second-order valence-corrected chi connectivity index (χ2v) is 4.35. The quantitative estimate of drug-likeness (QED) is 0.807. The van der Waals surface area contributed by atoms with E-state index in [0.717, 1.165) is 0 Å². The predicted molar refractivity (Wildman–Crippen MR) is 70.6 cm³/mol. The van der Waals surface area contributed by atoms with E-state index in [9.17, 15) is 13.2 Å². The highest BCUT2D eigenvalue weighted by molar-refractivity contribution is 6.29. The molecule has 0 amide bonds. The van der Waals surface area contributed by atoms with Gasteiger partial charge in [0.25, 0.3) is 0 Å². The van der Waals surface area contributed by atoms with Gasteiger partial charge < -0.3 is 9.47 Å². The average Bonchev–Trinajstić information content (AvgIpc) is 2.45. The molecule has 2 aromatic rings. The van der Waals surface area contributed by atoms with Gasteiger partial charge in [-0.25, -0.2) is 9.97 Å². The van der Waals surface area contributed by atoms with Crippen LogP contribution in [0.5, 0.6) is 11.5 Å². The molecule has 2 rings (SSSR count). The van der Waals surface area contributed by atoms with Gasteiger partial charge in [-0.1, -0.05) is 11.6 Å². The number of hydrogen-bond donors (Lipinski definition) is 0. The number of halogens is 4. The fourth-order valence-electron chi connectivity index (χ4n) is 1.69. The highest BCUT2D eigenvalue weighted by Crippen LogP contribution is 2.35. The van der Waals surface area contributed by atoms with Crippen molar-refractivity contribution in [2.75, 3.05) is 14.2 Å². The molecule has 0 saturated heterocycles. The Kier molecular flexibility index (Phi) is 4.22. The van der Waals surface area contributed by atoms with Crippen LogP contribution in [0.3, 0.4) is 0 Å². The molecule has 1 aromatic heterocycles. The summed E-state index contributed by atoms with van der Waals surface area (Å²) in [4.78, 5) is 6.68. The summed E-state index contributed by atoms with van der Waals surface area (Å²) < 4.78 is 48.4. The van der Waals surface area contributed by atoms with Crippen molar-refractivity contribution in [2.45, 2.75) is 6.18 Å². The van der Waals surface area contributed by atoms with Crippen molar-refractivity contribution in [3.63, 3.8) is 0 Å². The Balaban J connectivity index is 2.59. The lowest BCUT2D eigenvalue weighted by atomic mass is 10.1. The summed E-state index contributed by atoms with van der Waals surface area (Å²) in [6, 6.07) is 5.90. The Morgan fingerprint density at radius 1 is 1.05 bits per heavy atom. The first kappa shape index (κ1) is 15.4. The van der Waals surface area contributed by atoms with Crippen LogP contribution >= 0.6 is 11.6 Å². The minimum Gasteiger partial charge on any atom is -0.497 e. The van der Waals surface area contributed by atoms with E-state index in [0.29, 0.717) is 17.1 Å². The van der Waals surface area contributed by atoms with E-state index in [4.69, 9.17) is 21.1 Å². The normalized spacial score (nSPS) is 11.3. The zero-order chi connectivity index (χ0) is 15.6. The highest BCUT2D eigenvalue weighted by Gasteiger charge is 2.35. The Morgan fingerprint density at radius 3 is 2.33 bits per heavy atom. The van der Waals surface area contributed by atoms with Crippen molar-refractivity contribution in [1.29, 1.82) is 0 Å². The molecule has 0 N–H and O–H groups in total. The summed E-state index contributed by atoms with van der Waals surface area (Å²) in [5.74, 6) is -0.480. The third kappa shape index (κ3) is 3.36. The van der Waals surface area contributed by atoms with Crippen molar-refractivity contribution < 1.29 is 22.6 Å². The van der Waals surface area contributed by atoms with E-state index >= 15 is 0 Å². The molecule has 0 bridgehead atoms. The van der Waals surface area contributed by atoms with E-state index in [1.807, 2.05) is 0 Å². The molecule has 0 fully saturated rings. The first-order valence-corrected chi connectivity index (χ1v) is 6.07. The number of benzene rings is 1. The molecule has 0 saturated carbocycles. The molecule has 1 heterocycles. The van der Waals surface area contributed by atoms with Crippen LogP contribution in [-0.4, -0.2) is 24.2 Å². The topological polar surface area (TPSA) is 44.2 Å². The summed E-state index contributed by atoms with van der Waals surface area (Å²) in [5.41, 5.74) is 0.370. The Hall–Kier alpha value is -2.02. The Morgan fingerprint density at radius 2 is 1.76 bits per heavy atom. The molecular formula is C13H10ClF3N2O2. The predicted octanol–water partition coefficient (Wildman–Crippen LogP) is 3.83. The van der Waals surface area contributed by atoms with Crippen molar-refractivity contribution >= 4 is 11.6 Å². The average molecular weight is 319 g/mol. The van der Waals surface area contributed by atoms with Crippen LogP contribution in [0, 0.1) is 0 Å². The third-order valence-electron chi connectivity index (χ3n) is 2.63. The minimum atomic E-state index is -4.68. The second kappa shape index (κ2) is 5.77. The van der Waals surface area contributed by atoms with Crippen LogP contribution in [-0.2, 0) is 6.18 Å². The van der Waals surface area contributed by atoms with Crippen LogP contribution < -0.4 is 9.47 Å². The van der Waals surface area contributed by atoms with Gasteiger partial charge in [-0.2, -0.15) is 13.2 Å². The number of nitrogens with zero attached hydrogens (tertiary/aromatic N) is 2. The molecule has 0 aliphatic rings. The molecule has 21 heavy (non-hydrogen) atoms. The van der Waals surface area contributed by atoms with Gasteiger partial charge in [0.15, 0.2) is 0 Å². The van der Waals surface area contributed by atoms with Gasteiger partial charge in [0.1, 0.15) is 16.7 Å². The molecule has 0 aliphatic heterocycles. The molecule has 0 radical (unpaired) electrons. The zero-order valence-electron chi connectivity index (χ0n) is 11.0. The number of hydrogen-bond acceptors (Lipinski definition) is 4. The molecule has 8 heteroatoms. The third-order valence-corrected chi connectivity index (χ3v) is 2.83.